The molecule has 0 spiro atoms. The second-order valence-electron chi connectivity index (χ2n) is 4.89. The van der Waals surface area contributed by atoms with Crippen molar-refractivity contribution in [3.8, 4) is 6.07 Å². The zero-order valence-electron chi connectivity index (χ0n) is 12.3. The third kappa shape index (κ3) is 4.72. The van der Waals surface area contributed by atoms with Crippen LogP contribution in [0, 0.1) is 25.2 Å². The highest BCUT2D eigenvalue weighted by Gasteiger charge is 2.21. The van der Waals surface area contributed by atoms with Crippen molar-refractivity contribution in [2.45, 2.75) is 26.4 Å². The Labute approximate surface area is 138 Å². The zero-order valence-corrected chi connectivity index (χ0v) is 14.0. The standard InChI is InChI=1S/C14H20N4O.2ClH/c1-10-7-14(17-11(2)13(10)8-16)18-5-6-19-12(9-18)3-4-15;;/h7,12H,3-6,9,15H2,1-2H3;2*1H. The number of morpholine rings is 1. The molecule has 1 aromatic heterocycles. The lowest BCUT2D eigenvalue weighted by Gasteiger charge is -2.34. The normalized spacial score (nSPS) is 17.4. The molecule has 0 saturated carbocycles. The smallest absolute Gasteiger partial charge is 0.129 e. The van der Waals surface area contributed by atoms with Crippen molar-refractivity contribution < 1.29 is 4.74 Å². The van der Waals surface area contributed by atoms with E-state index in [4.69, 9.17) is 15.7 Å². The van der Waals surface area contributed by atoms with Gasteiger partial charge in [-0.05, 0) is 38.4 Å². The fourth-order valence-electron chi connectivity index (χ4n) is 2.43. The summed E-state index contributed by atoms with van der Waals surface area (Å²) in [5.41, 5.74) is 8.03. The van der Waals surface area contributed by atoms with Crippen molar-refractivity contribution >= 4 is 30.6 Å². The van der Waals surface area contributed by atoms with Gasteiger partial charge in [-0.3, -0.25) is 0 Å². The number of nitrogens with zero attached hydrogens (tertiary/aromatic N) is 3. The van der Waals surface area contributed by atoms with Gasteiger partial charge in [-0.1, -0.05) is 0 Å². The number of aryl methyl sites for hydroxylation is 2. The molecule has 0 bridgehead atoms. The van der Waals surface area contributed by atoms with Gasteiger partial charge in [0.25, 0.3) is 0 Å². The Morgan fingerprint density at radius 3 is 2.76 bits per heavy atom. The lowest BCUT2D eigenvalue weighted by molar-refractivity contribution is 0.0366. The van der Waals surface area contributed by atoms with Gasteiger partial charge >= 0.3 is 0 Å². The van der Waals surface area contributed by atoms with E-state index in [0.717, 1.165) is 36.6 Å². The van der Waals surface area contributed by atoms with Crippen LogP contribution in [0.15, 0.2) is 6.07 Å². The Bertz CT molecular complexity index is 479. The molecule has 1 unspecified atom stereocenters. The lowest BCUT2D eigenvalue weighted by Crippen LogP contribution is -2.43. The van der Waals surface area contributed by atoms with Crippen LogP contribution < -0.4 is 10.6 Å². The van der Waals surface area contributed by atoms with E-state index in [1.54, 1.807) is 0 Å². The van der Waals surface area contributed by atoms with E-state index in [1.165, 1.54) is 0 Å². The van der Waals surface area contributed by atoms with Gasteiger partial charge in [0.05, 0.1) is 24.0 Å². The molecule has 1 atom stereocenters. The molecule has 1 aliphatic heterocycles. The molecule has 0 radical (unpaired) electrons. The van der Waals surface area contributed by atoms with Crippen LogP contribution in [0.5, 0.6) is 0 Å². The molecule has 1 aromatic rings. The van der Waals surface area contributed by atoms with Gasteiger partial charge in [0.2, 0.25) is 0 Å². The summed E-state index contributed by atoms with van der Waals surface area (Å²) < 4.78 is 5.67. The van der Waals surface area contributed by atoms with E-state index >= 15 is 0 Å². The first-order valence-corrected chi connectivity index (χ1v) is 6.60. The average molecular weight is 333 g/mol. The molecule has 7 heteroatoms. The Balaban J connectivity index is 0.00000200. The van der Waals surface area contributed by atoms with Crippen molar-refractivity contribution in [1.29, 1.82) is 5.26 Å². The van der Waals surface area contributed by atoms with Crippen molar-refractivity contribution in [2.24, 2.45) is 5.73 Å². The minimum absolute atomic E-state index is 0. The monoisotopic (exact) mass is 332 g/mol. The Morgan fingerprint density at radius 2 is 2.19 bits per heavy atom. The summed E-state index contributed by atoms with van der Waals surface area (Å²) in [6.07, 6.45) is 1.04. The van der Waals surface area contributed by atoms with E-state index in [-0.39, 0.29) is 30.9 Å². The maximum Gasteiger partial charge on any atom is 0.129 e. The van der Waals surface area contributed by atoms with Crippen LogP contribution in [0.25, 0.3) is 0 Å². The third-order valence-electron chi connectivity index (χ3n) is 3.45. The molecule has 118 valence electrons. The van der Waals surface area contributed by atoms with E-state index in [9.17, 15) is 0 Å². The number of nitrogens with two attached hydrogens (primary N) is 1. The Morgan fingerprint density at radius 1 is 1.48 bits per heavy atom. The molecule has 1 fully saturated rings. The van der Waals surface area contributed by atoms with E-state index in [1.807, 2.05) is 19.9 Å². The molecule has 2 rings (SSSR count). The van der Waals surface area contributed by atoms with Crippen molar-refractivity contribution in [3.05, 3.63) is 22.9 Å². The predicted octanol–water partition coefficient (Wildman–Crippen LogP) is 1.97. The van der Waals surface area contributed by atoms with Crippen LogP contribution in [0.2, 0.25) is 0 Å². The second-order valence-corrected chi connectivity index (χ2v) is 4.89. The van der Waals surface area contributed by atoms with Crippen LogP contribution in [0.3, 0.4) is 0 Å². The first-order valence-electron chi connectivity index (χ1n) is 6.60. The van der Waals surface area contributed by atoms with Crippen molar-refractivity contribution in [3.63, 3.8) is 0 Å². The first-order chi connectivity index (χ1) is 9.15. The number of hydrogen-bond acceptors (Lipinski definition) is 5. The predicted molar refractivity (Wildman–Crippen MR) is 88.5 cm³/mol. The highest BCUT2D eigenvalue weighted by molar-refractivity contribution is 5.85. The molecule has 0 aliphatic carbocycles. The lowest BCUT2D eigenvalue weighted by atomic mass is 10.1. The fourth-order valence-corrected chi connectivity index (χ4v) is 2.43. The van der Waals surface area contributed by atoms with Crippen LogP contribution in [0.1, 0.15) is 23.2 Å². The maximum absolute atomic E-state index is 9.08. The largest absolute Gasteiger partial charge is 0.374 e. The summed E-state index contributed by atoms with van der Waals surface area (Å²) in [7, 11) is 0. The highest BCUT2D eigenvalue weighted by Crippen LogP contribution is 2.21. The summed E-state index contributed by atoms with van der Waals surface area (Å²) in [5.74, 6) is 0.930. The summed E-state index contributed by atoms with van der Waals surface area (Å²) in [6.45, 7) is 6.82. The minimum atomic E-state index is 0. The fraction of sp³-hybridized carbons (Fsp3) is 0.571. The van der Waals surface area contributed by atoms with Crippen molar-refractivity contribution in [1.82, 2.24) is 4.98 Å². The third-order valence-corrected chi connectivity index (χ3v) is 3.45. The van der Waals surface area contributed by atoms with Gasteiger partial charge in [0, 0.05) is 13.1 Å². The van der Waals surface area contributed by atoms with E-state index in [0.29, 0.717) is 18.7 Å². The van der Waals surface area contributed by atoms with E-state index in [2.05, 4.69) is 16.0 Å². The highest BCUT2D eigenvalue weighted by atomic mass is 35.5. The van der Waals surface area contributed by atoms with Crippen LogP contribution in [-0.4, -0.2) is 37.3 Å². The molecular formula is C14H22Cl2N4O. The van der Waals surface area contributed by atoms with Gasteiger partial charge in [-0.2, -0.15) is 5.26 Å². The first kappa shape index (κ1) is 19.9. The van der Waals surface area contributed by atoms with Crippen molar-refractivity contribution in [2.75, 3.05) is 31.1 Å². The molecule has 21 heavy (non-hydrogen) atoms. The van der Waals surface area contributed by atoms with Gasteiger partial charge in [-0.15, -0.1) is 24.8 Å². The summed E-state index contributed by atoms with van der Waals surface area (Å²) in [4.78, 5) is 6.75. The van der Waals surface area contributed by atoms with E-state index < -0.39 is 0 Å². The summed E-state index contributed by atoms with van der Waals surface area (Å²) in [6, 6.07) is 4.18. The Hall–Kier alpha value is -1.06. The number of pyridine rings is 1. The molecular weight excluding hydrogens is 311 g/mol. The van der Waals surface area contributed by atoms with Gasteiger partial charge in [-0.25, -0.2) is 4.98 Å². The number of halogens is 2. The molecule has 0 amide bonds. The number of aromatic nitrogens is 1. The SMILES string of the molecule is Cc1cc(N2CCOC(CCN)C2)nc(C)c1C#N.Cl.Cl. The molecule has 2 N–H and O–H groups in total. The number of anilines is 1. The van der Waals surface area contributed by atoms with Crippen LogP contribution in [-0.2, 0) is 4.74 Å². The summed E-state index contributed by atoms with van der Waals surface area (Å²) in [5, 5.41) is 9.08. The second kappa shape index (κ2) is 9.06. The average Bonchev–Trinajstić information content (AvgIpc) is 2.39. The van der Waals surface area contributed by atoms with Gasteiger partial charge in [0.1, 0.15) is 11.9 Å². The number of ether oxygens (including phenoxy) is 1. The maximum atomic E-state index is 9.08. The number of nitriles is 1. The number of hydrogen-bond donors (Lipinski definition) is 1. The zero-order chi connectivity index (χ0) is 13.8. The van der Waals surface area contributed by atoms with Gasteiger partial charge < -0.3 is 15.4 Å². The Kier molecular flexibility index (Phi) is 8.60. The molecule has 1 aliphatic rings. The molecule has 1 saturated heterocycles. The minimum Gasteiger partial charge on any atom is -0.374 e. The topological polar surface area (TPSA) is 75.2 Å². The molecule has 0 aromatic carbocycles. The molecule has 5 nitrogen and oxygen atoms in total. The van der Waals surface area contributed by atoms with Crippen LogP contribution >= 0.6 is 24.8 Å². The van der Waals surface area contributed by atoms with Crippen LogP contribution in [0.4, 0.5) is 5.82 Å². The number of rotatable bonds is 3. The quantitative estimate of drug-likeness (QED) is 0.915. The summed E-state index contributed by atoms with van der Waals surface area (Å²) >= 11 is 0. The molecule has 2 heterocycles. The van der Waals surface area contributed by atoms with Gasteiger partial charge in [0.15, 0.2) is 0 Å².